The number of ether oxygens (including phenoxy) is 3. The minimum absolute atomic E-state index is 0.0900. The largest absolute Gasteiger partial charge is 0.497 e. The molecule has 0 radical (unpaired) electrons. The van der Waals surface area contributed by atoms with Crippen molar-refractivity contribution in [3.05, 3.63) is 23.8 Å². The Labute approximate surface area is 121 Å². The molecule has 1 aromatic rings. The fourth-order valence-electron chi connectivity index (χ4n) is 2.52. The lowest BCUT2D eigenvalue weighted by molar-refractivity contribution is 0.0262. The second-order valence-electron chi connectivity index (χ2n) is 5.61. The molecule has 0 saturated carbocycles. The first kappa shape index (κ1) is 15.1. The van der Waals surface area contributed by atoms with Gasteiger partial charge in [-0.25, -0.2) is 0 Å². The van der Waals surface area contributed by atoms with Crippen molar-refractivity contribution in [2.45, 2.75) is 51.4 Å². The lowest BCUT2D eigenvalue weighted by atomic mass is 10.1. The Balaban J connectivity index is 2.01. The first-order chi connectivity index (χ1) is 9.58. The molecule has 2 rings (SSSR count). The molecule has 0 spiro atoms. The smallest absolute Gasteiger partial charge is 0.122 e. The molecule has 20 heavy (non-hydrogen) atoms. The lowest BCUT2D eigenvalue weighted by Gasteiger charge is -2.17. The van der Waals surface area contributed by atoms with Crippen LogP contribution in [0.5, 0.6) is 11.5 Å². The molecular weight excluding hydrogens is 254 g/mol. The first-order valence-corrected chi connectivity index (χ1v) is 7.29. The van der Waals surface area contributed by atoms with Gasteiger partial charge in [0.25, 0.3) is 0 Å². The third-order valence-electron chi connectivity index (χ3n) is 3.55. The zero-order valence-electron chi connectivity index (χ0n) is 12.6. The Morgan fingerprint density at radius 3 is 2.80 bits per heavy atom. The van der Waals surface area contributed by atoms with Crippen LogP contribution in [0, 0.1) is 0 Å². The highest BCUT2D eigenvalue weighted by Crippen LogP contribution is 2.27. The minimum Gasteiger partial charge on any atom is -0.497 e. The van der Waals surface area contributed by atoms with Crippen molar-refractivity contribution in [1.29, 1.82) is 0 Å². The molecule has 0 aliphatic carbocycles. The Morgan fingerprint density at radius 1 is 1.40 bits per heavy atom. The number of nitrogens with two attached hydrogens (primary N) is 1. The Morgan fingerprint density at radius 2 is 2.20 bits per heavy atom. The Hall–Kier alpha value is -1.26. The van der Waals surface area contributed by atoms with Gasteiger partial charge in [-0.3, -0.25) is 0 Å². The van der Waals surface area contributed by atoms with Crippen molar-refractivity contribution in [3.8, 4) is 11.5 Å². The highest BCUT2D eigenvalue weighted by atomic mass is 16.5. The van der Waals surface area contributed by atoms with Crippen LogP contribution in [0.2, 0.25) is 0 Å². The van der Waals surface area contributed by atoms with Gasteiger partial charge >= 0.3 is 0 Å². The van der Waals surface area contributed by atoms with E-state index in [-0.39, 0.29) is 12.1 Å². The average Bonchev–Trinajstić information content (AvgIpc) is 2.82. The molecule has 0 aromatic heterocycles. The van der Waals surface area contributed by atoms with Crippen LogP contribution >= 0.6 is 0 Å². The third kappa shape index (κ3) is 4.12. The molecular formula is C16H25NO3. The van der Waals surface area contributed by atoms with Crippen LogP contribution < -0.4 is 15.2 Å². The Kier molecular flexibility index (Phi) is 5.26. The van der Waals surface area contributed by atoms with Gasteiger partial charge in [0.05, 0.1) is 19.3 Å². The van der Waals surface area contributed by atoms with E-state index in [2.05, 4.69) is 6.92 Å². The number of hydrogen-bond donors (Lipinski definition) is 1. The van der Waals surface area contributed by atoms with Crippen molar-refractivity contribution in [2.24, 2.45) is 5.73 Å². The molecule has 0 amide bonds. The highest BCUT2D eigenvalue weighted by molar-refractivity contribution is 5.40. The van der Waals surface area contributed by atoms with Gasteiger partial charge in [-0.2, -0.15) is 0 Å². The van der Waals surface area contributed by atoms with Crippen LogP contribution in [0.25, 0.3) is 0 Å². The van der Waals surface area contributed by atoms with E-state index in [9.17, 15) is 0 Å². The van der Waals surface area contributed by atoms with E-state index in [4.69, 9.17) is 19.9 Å². The number of methoxy groups -OCH3 is 1. The molecule has 3 atom stereocenters. The van der Waals surface area contributed by atoms with Crippen LogP contribution in [-0.2, 0) is 11.2 Å². The molecule has 1 aliphatic heterocycles. The monoisotopic (exact) mass is 279 g/mol. The number of hydrogen-bond acceptors (Lipinski definition) is 4. The molecule has 4 nitrogen and oxygen atoms in total. The van der Waals surface area contributed by atoms with E-state index in [1.54, 1.807) is 7.11 Å². The zero-order valence-corrected chi connectivity index (χ0v) is 12.6. The maximum Gasteiger partial charge on any atom is 0.122 e. The standard InChI is InChI=1S/C16H25NO3/c1-11(17)8-13-9-14(18-3)6-7-16(13)19-10-15-5-4-12(2)20-15/h6-7,9,11-12,15H,4-5,8,10,17H2,1-3H3. The number of rotatable bonds is 6. The summed E-state index contributed by atoms with van der Waals surface area (Å²) in [6, 6.07) is 5.95. The molecule has 1 heterocycles. The van der Waals surface area contributed by atoms with Gasteiger partial charge in [-0.15, -0.1) is 0 Å². The Bertz CT molecular complexity index is 434. The maximum atomic E-state index is 5.93. The molecule has 1 aromatic carbocycles. The predicted molar refractivity (Wildman–Crippen MR) is 79.4 cm³/mol. The minimum atomic E-state index is 0.0900. The van der Waals surface area contributed by atoms with E-state index >= 15 is 0 Å². The van der Waals surface area contributed by atoms with Crippen molar-refractivity contribution in [3.63, 3.8) is 0 Å². The highest BCUT2D eigenvalue weighted by Gasteiger charge is 2.22. The lowest BCUT2D eigenvalue weighted by Crippen LogP contribution is -2.21. The maximum absolute atomic E-state index is 5.93. The topological polar surface area (TPSA) is 53.7 Å². The van der Waals surface area contributed by atoms with Crippen molar-refractivity contribution < 1.29 is 14.2 Å². The fraction of sp³-hybridized carbons (Fsp3) is 0.625. The molecule has 112 valence electrons. The van der Waals surface area contributed by atoms with Gasteiger partial charge in [-0.05, 0) is 56.9 Å². The van der Waals surface area contributed by atoms with Crippen LogP contribution in [0.3, 0.4) is 0 Å². The van der Waals surface area contributed by atoms with E-state index in [1.807, 2.05) is 25.1 Å². The molecule has 1 saturated heterocycles. The molecule has 2 N–H and O–H groups in total. The van der Waals surface area contributed by atoms with Crippen LogP contribution in [0.1, 0.15) is 32.3 Å². The summed E-state index contributed by atoms with van der Waals surface area (Å²) in [5.41, 5.74) is 6.99. The normalized spacial score (nSPS) is 23.6. The molecule has 3 unspecified atom stereocenters. The summed E-state index contributed by atoms with van der Waals surface area (Å²) < 4.78 is 17.0. The first-order valence-electron chi connectivity index (χ1n) is 7.29. The van der Waals surface area contributed by atoms with Crippen molar-refractivity contribution in [2.75, 3.05) is 13.7 Å². The van der Waals surface area contributed by atoms with Crippen LogP contribution in [-0.4, -0.2) is 32.0 Å². The van der Waals surface area contributed by atoms with Gasteiger partial charge in [0, 0.05) is 6.04 Å². The second-order valence-corrected chi connectivity index (χ2v) is 5.61. The predicted octanol–water partition coefficient (Wildman–Crippen LogP) is 2.53. The summed E-state index contributed by atoms with van der Waals surface area (Å²) in [5, 5.41) is 0. The van der Waals surface area contributed by atoms with Gasteiger partial charge in [0.1, 0.15) is 18.1 Å². The fourth-order valence-corrected chi connectivity index (χ4v) is 2.52. The summed E-state index contributed by atoms with van der Waals surface area (Å²) in [6.07, 6.45) is 3.51. The SMILES string of the molecule is COc1ccc(OCC2CCC(C)O2)c(CC(C)N)c1. The van der Waals surface area contributed by atoms with Crippen LogP contribution in [0.15, 0.2) is 18.2 Å². The van der Waals surface area contributed by atoms with Crippen molar-refractivity contribution in [1.82, 2.24) is 0 Å². The number of benzene rings is 1. The van der Waals surface area contributed by atoms with E-state index in [0.29, 0.717) is 12.7 Å². The van der Waals surface area contributed by atoms with Gasteiger partial charge in [0.15, 0.2) is 0 Å². The van der Waals surface area contributed by atoms with Gasteiger partial charge in [0.2, 0.25) is 0 Å². The summed E-state index contributed by atoms with van der Waals surface area (Å²) >= 11 is 0. The van der Waals surface area contributed by atoms with Gasteiger partial charge in [-0.1, -0.05) is 0 Å². The quantitative estimate of drug-likeness (QED) is 0.869. The van der Waals surface area contributed by atoms with E-state index in [0.717, 1.165) is 36.3 Å². The summed E-state index contributed by atoms with van der Waals surface area (Å²) in [7, 11) is 1.67. The molecule has 1 fully saturated rings. The third-order valence-corrected chi connectivity index (χ3v) is 3.55. The zero-order chi connectivity index (χ0) is 14.5. The average molecular weight is 279 g/mol. The van der Waals surface area contributed by atoms with E-state index in [1.165, 1.54) is 0 Å². The van der Waals surface area contributed by atoms with Crippen molar-refractivity contribution >= 4 is 0 Å². The summed E-state index contributed by atoms with van der Waals surface area (Å²) in [5.74, 6) is 1.71. The summed E-state index contributed by atoms with van der Waals surface area (Å²) in [4.78, 5) is 0. The van der Waals surface area contributed by atoms with Crippen LogP contribution in [0.4, 0.5) is 0 Å². The molecule has 4 heteroatoms. The second kappa shape index (κ2) is 6.95. The molecule has 0 bridgehead atoms. The van der Waals surface area contributed by atoms with E-state index < -0.39 is 0 Å². The van der Waals surface area contributed by atoms with Gasteiger partial charge < -0.3 is 19.9 Å². The summed E-state index contributed by atoms with van der Waals surface area (Å²) in [6.45, 7) is 4.70. The molecule has 1 aliphatic rings.